The highest BCUT2D eigenvalue weighted by Gasteiger charge is 2.14. The van der Waals surface area contributed by atoms with Crippen LogP contribution in [0.3, 0.4) is 0 Å². The predicted molar refractivity (Wildman–Crippen MR) is 66.8 cm³/mol. The number of nitrogens with zero attached hydrogens (tertiary/aromatic N) is 3. The van der Waals surface area contributed by atoms with E-state index in [0.29, 0.717) is 12.1 Å². The van der Waals surface area contributed by atoms with Crippen molar-refractivity contribution >= 4 is 17.4 Å². The quantitative estimate of drug-likeness (QED) is 0.855. The average Bonchev–Trinajstić information content (AvgIpc) is 2.74. The summed E-state index contributed by atoms with van der Waals surface area (Å²) in [5.41, 5.74) is 1.16. The summed E-state index contributed by atoms with van der Waals surface area (Å²) in [6, 6.07) is 5.67. The van der Waals surface area contributed by atoms with Crippen LogP contribution in [0.15, 0.2) is 24.3 Å². The molecule has 94 valence electrons. The van der Waals surface area contributed by atoms with Crippen molar-refractivity contribution in [3.63, 3.8) is 0 Å². The molecule has 0 bridgehead atoms. The highest BCUT2D eigenvalue weighted by molar-refractivity contribution is 7.05. The second-order valence-corrected chi connectivity index (χ2v) is 4.79. The van der Waals surface area contributed by atoms with Gasteiger partial charge in [-0.15, -0.1) is 5.10 Å². The van der Waals surface area contributed by atoms with Gasteiger partial charge in [0.05, 0.1) is 17.1 Å². The highest BCUT2D eigenvalue weighted by Crippen LogP contribution is 2.14. The molecule has 1 amide bonds. The first-order chi connectivity index (χ1) is 8.58. The fraction of sp³-hybridized carbons (Fsp3) is 0.250. The summed E-state index contributed by atoms with van der Waals surface area (Å²) in [5.74, 6) is -0.632. The van der Waals surface area contributed by atoms with E-state index in [0.717, 1.165) is 10.6 Å². The second kappa shape index (κ2) is 5.22. The van der Waals surface area contributed by atoms with Crippen molar-refractivity contribution in [3.8, 4) is 0 Å². The smallest absolute Gasteiger partial charge is 0.254 e. The monoisotopic (exact) mass is 265 g/mol. The van der Waals surface area contributed by atoms with E-state index in [1.165, 1.54) is 34.6 Å². The van der Waals surface area contributed by atoms with Gasteiger partial charge in [0.2, 0.25) is 0 Å². The predicted octanol–water partition coefficient (Wildman–Crippen LogP) is 2.26. The minimum absolute atomic E-state index is 0.220. The van der Waals surface area contributed by atoms with E-state index in [4.69, 9.17) is 0 Å². The molecule has 0 N–H and O–H groups in total. The molecule has 0 unspecified atom stereocenters. The normalized spacial score (nSPS) is 10.4. The lowest BCUT2D eigenvalue weighted by atomic mass is 10.2. The third-order valence-electron chi connectivity index (χ3n) is 2.54. The van der Waals surface area contributed by atoms with Gasteiger partial charge in [-0.2, -0.15) is 0 Å². The van der Waals surface area contributed by atoms with Crippen LogP contribution in [-0.4, -0.2) is 27.4 Å². The molecule has 0 saturated heterocycles. The Bertz CT molecular complexity index is 570. The van der Waals surface area contributed by atoms with Crippen molar-refractivity contribution < 1.29 is 9.18 Å². The van der Waals surface area contributed by atoms with Crippen LogP contribution >= 0.6 is 11.5 Å². The summed E-state index contributed by atoms with van der Waals surface area (Å²) in [4.78, 5) is 14.5. The third-order valence-corrected chi connectivity index (χ3v) is 3.35. The average molecular weight is 265 g/mol. The molecule has 1 aromatic carbocycles. The molecule has 4 nitrogen and oxygen atoms in total. The lowest BCUT2D eigenvalue weighted by Gasteiger charge is -2.16. The maximum absolute atomic E-state index is 13.0. The molecule has 0 saturated carbocycles. The molecule has 0 aliphatic heterocycles. The lowest BCUT2D eigenvalue weighted by molar-refractivity contribution is 0.0785. The number of carbonyl (C=O) groups is 1. The van der Waals surface area contributed by atoms with Gasteiger partial charge in [-0.05, 0) is 36.7 Å². The largest absolute Gasteiger partial charge is 0.336 e. The van der Waals surface area contributed by atoms with Crippen molar-refractivity contribution in [1.82, 2.24) is 14.5 Å². The van der Waals surface area contributed by atoms with Gasteiger partial charge in [0.15, 0.2) is 0 Å². The highest BCUT2D eigenvalue weighted by atomic mass is 32.1. The van der Waals surface area contributed by atoms with Crippen LogP contribution in [0.4, 0.5) is 4.39 Å². The number of carbonyl (C=O) groups excluding carboxylic acids is 1. The van der Waals surface area contributed by atoms with Crippen LogP contribution in [0.25, 0.3) is 0 Å². The van der Waals surface area contributed by atoms with Gasteiger partial charge in [0.1, 0.15) is 5.82 Å². The first kappa shape index (κ1) is 12.6. The molecule has 0 aliphatic carbocycles. The Morgan fingerprint density at radius 1 is 1.50 bits per heavy atom. The molecule has 0 fully saturated rings. The van der Waals surface area contributed by atoms with Crippen LogP contribution in [0, 0.1) is 12.7 Å². The summed E-state index contributed by atoms with van der Waals surface area (Å²) in [6.45, 7) is 2.28. The molecule has 1 aromatic heterocycles. The molecule has 0 spiro atoms. The fourth-order valence-electron chi connectivity index (χ4n) is 1.53. The third kappa shape index (κ3) is 2.70. The van der Waals surface area contributed by atoms with E-state index in [2.05, 4.69) is 9.59 Å². The molecule has 2 rings (SSSR count). The molecule has 6 heteroatoms. The van der Waals surface area contributed by atoms with Crippen molar-refractivity contribution in [2.45, 2.75) is 13.5 Å². The zero-order valence-electron chi connectivity index (χ0n) is 10.1. The number of benzene rings is 1. The van der Waals surface area contributed by atoms with Gasteiger partial charge in [0, 0.05) is 12.6 Å². The van der Waals surface area contributed by atoms with E-state index in [1.807, 2.05) is 6.92 Å². The summed E-state index contributed by atoms with van der Waals surface area (Å²) in [7, 11) is 1.67. The summed E-state index contributed by atoms with van der Waals surface area (Å²) in [6.07, 6.45) is 0. The van der Waals surface area contributed by atoms with Crippen molar-refractivity contribution in [2.24, 2.45) is 0 Å². The number of hydrogen-bond donors (Lipinski definition) is 0. The van der Waals surface area contributed by atoms with Gasteiger partial charge in [-0.1, -0.05) is 10.6 Å². The molecule has 0 aliphatic rings. The lowest BCUT2D eigenvalue weighted by Crippen LogP contribution is -2.26. The zero-order chi connectivity index (χ0) is 13.1. The van der Waals surface area contributed by atoms with Gasteiger partial charge in [-0.3, -0.25) is 4.79 Å². The number of amides is 1. The van der Waals surface area contributed by atoms with Crippen LogP contribution in [-0.2, 0) is 6.54 Å². The van der Waals surface area contributed by atoms with Crippen molar-refractivity contribution in [2.75, 3.05) is 7.05 Å². The molecule has 0 radical (unpaired) electrons. The fourth-order valence-corrected chi connectivity index (χ4v) is 2.21. The Hall–Kier alpha value is -1.82. The Balaban J connectivity index is 2.12. The number of aromatic nitrogens is 2. The second-order valence-electron chi connectivity index (χ2n) is 3.95. The standard InChI is InChI=1S/C12H12FN3OS/c1-8-11(18-15-14-8)7-16(2)12(17)9-4-3-5-10(13)6-9/h3-6H,7H2,1-2H3. The van der Waals surface area contributed by atoms with Crippen molar-refractivity contribution in [1.29, 1.82) is 0 Å². The van der Waals surface area contributed by atoms with Gasteiger partial charge < -0.3 is 4.90 Å². The molecule has 18 heavy (non-hydrogen) atoms. The van der Waals surface area contributed by atoms with Crippen LogP contribution in [0.1, 0.15) is 20.9 Å². The van der Waals surface area contributed by atoms with E-state index in [-0.39, 0.29) is 5.91 Å². The molecule has 1 heterocycles. The maximum atomic E-state index is 13.0. The van der Waals surface area contributed by atoms with E-state index in [1.54, 1.807) is 13.1 Å². The van der Waals surface area contributed by atoms with E-state index < -0.39 is 5.82 Å². The molecular weight excluding hydrogens is 253 g/mol. The molecular formula is C12H12FN3OS. The van der Waals surface area contributed by atoms with Gasteiger partial charge >= 0.3 is 0 Å². The van der Waals surface area contributed by atoms with Crippen molar-refractivity contribution in [3.05, 3.63) is 46.2 Å². The Morgan fingerprint density at radius 2 is 2.28 bits per heavy atom. The Labute approximate surface area is 108 Å². The SMILES string of the molecule is Cc1nnsc1CN(C)C(=O)c1cccc(F)c1. The van der Waals surface area contributed by atoms with Crippen LogP contribution in [0.5, 0.6) is 0 Å². The van der Waals surface area contributed by atoms with E-state index >= 15 is 0 Å². The maximum Gasteiger partial charge on any atom is 0.254 e. The Kier molecular flexibility index (Phi) is 3.66. The van der Waals surface area contributed by atoms with E-state index in [9.17, 15) is 9.18 Å². The number of aryl methyl sites for hydroxylation is 1. The number of hydrogen-bond acceptors (Lipinski definition) is 4. The number of rotatable bonds is 3. The zero-order valence-corrected chi connectivity index (χ0v) is 10.9. The Morgan fingerprint density at radius 3 is 2.89 bits per heavy atom. The summed E-state index contributed by atoms with van der Waals surface area (Å²) in [5, 5.41) is 3.89. The van der Waals surface area contributed by atoms with Gasteiger partial charge in [-0.25, -0.2) is 4.39 Å². The summed E-state index contributed by atoms with van der Waals surface area (Å²) >= 11 is 1.26. The first-order valence-corrected chi connectivity index (χ1v) is 6.14. The molecule has 0 atom stereocenters. The van der Waals surface area contributed by atoms with Crippen LogP contribution in [0.2, 0.25) is 0 Å². The minimum atomic E-state index is -0.412. The number of halogens is 1. The van der Waals surface area contributed by atoms with Gasteiger partial charge in [0.25, 0.3) is 5.91 Å². The topological polar surface area (TPSA) is 46.1 Å². The summed E-state index contributed by atoms with van der Waals surface area (Å²) < 4.78 is 16.9. The first-order valence-electron chi connectivity index (χ1n) is 5.37. The minimum Gasteiger partial charge on any atom is -0.336 e. The van der Waals surface area contributed by atoms with Crippen LogP contribution < -0.4 is 0 Å². The molecule has 2 aromatic rings.